The molecule has 2 aromatic carbocycles. The Kier molecular flexibility index (Phi) is 5.65. The number of methoxy groups -OCH3 is 1. The van der Waals surface area contributed by atoms with E-state index < -0.39 is 5.97 Å². The van der Waals surface area contributed by atoms with Gasteiger partial charge in [-0.15, -0.1) is 0 Å². The number of anilines is 1. The van der Waals surface area contributed by atoms with Crippen LogP contribution in [0.2, 0.25) is 0 Å². The van der Waals surface area contributed by atoms with Gasteiger partial charge in [-0.25, -0.2) is 4.98 Å². The molecule has 1 aliphatic heterocycles. The van der Waals surface area contributed by atoms with Crippen LogP contribution >= 0.6 is 0 Å². The number of aromatic carboxylic acids is 1. The minimum Gasteiger partial charge on any atom is -0.545 e. The summed E-state index contributed by atoms with van der Waals surface area (Å²) in [5, 5.41) is 11.3. The van der Waals surface area contributed by atoms with Gasteiger partial charge in [-0.2, -0.15) is 0 Å². The van der Waals surface area contributed by atoms with E-state index in [0.29, 0.717) is 24.4 Å². The quantitative estimate of drug-likeness (QED) is 0.624. The molecule has 1 saturated heterocycles. The molecule has 8 nitrogen and oxygen atoms in total. The van der Waals surface area contributed by atoms with E-state index in [2.05, 4.69) is 22.0 Å². The van der Waals surface area contributed by atoms with Crippen LogP contribution in [-0.2, 0) is 9.53 Å². The lowest BCUT2D eigenvalue weighted by atomic mass is 10.2. The highest BCUT2D eigenvalue weighted by Gasteiger charge is 2.21. The van der Waals surface area contributed by atoms with Crippen LogP contribution in [0.25, 0.3) is 16.7 Å². The molecule has 0 radical (unpaired) electrons. The van der Waals surface area contributed by atoms with E-state index >= 15 is 0 Å². The number of carboxylic acid groups (broad SMARTS) is 1. The summed E-state index contributed by atoms with van der Waals surface area (Å²) >= 11 is 0. The van der Waals surface area contributed by atoms with Crippen LogP contribution in [-0.4, -0.2) is 59.6 Å². The zero-order valence-corrected chi connectivity index (χ0v) is 17.9. The van der Waals surface area contributed by atoms with E-state index in [1.165, 1.54) is 12.1 Å². The van der Waals surface area contributed by atoms with Crippen molar-refractivity contribution in [3.63, 3.8) is 0 Å². The first-order chi connectivity index (χ1) is 14.9. The highest BCUT2D eigenvalue weighted by Crippen LogP contribution is 2.29. The van der Waals surface area contributed by atoms with Crippen molar-refractivity contribution in [1.82, 2.24) is 14.5 Å². The number of carbonyl (C=O) groups is 2. The van der Waals surface area contributed by atoms with Crippen LogP contribution in [0.5, 0.6) is 0 Å². The normalized spacial score (nSPS) is 15.3. The standard InChI is InChI=1S/C23H26N4O4/c1-15(31-3)22-24-20-13-17(23(29)30)7-8-21(20)27(22)19-6-4-5-18(14-19)26-11-9-25(10-12-26)16(2)28/h4-8,13-15H,9-12H2,1-3H3,(H,29,30)/p-1. The number of piperazine rings is 1. The first-order valence-electron chi connectivity index (χ1n) is 10.3. The second-order valence-electron chi connectivity index (χ2n) is 7.69. The number of carbonyl (C=O) groups excluding carboxylic acids is 2. The summed E-state index contributed by atoms with van der Waals surface area (Å²) in [5.74, 6) is -0.441. The van der Waals surface area contributed by atoms with E-state index in [9.17, 15) is 14.7 Å². The van der Waals surface area contributed by atoms with E-state index in [-0.39, 0.29) is 17.6 Å². The Hall–Kier alpha value is -3.39. The fraction of sp³-hybridized carbons (Fsp3) is 0.348. The van der Waals surface area contributed by atoms with Gasteiger partial charge in [-0.1, -0.05) is 12.1 Å². The number of rotatable bonds is 5. The Morgan fingerprint density at radius 1 is 1.06 bits per heavy atom. The predicted octanol–water partition coefficient (Wildman–Crippen LogP) is 1.76. The smallest absolute Gasteiger partial charge is 0.219 e. The Labute approximate surface area is 180 Å². The lowest BCUT2D eigenvalue weighted by Gasteiger charge is -2.35. The Morgan fingerprint density at radius 3 is 2.42 bits per heavy atom. The summed E-state index contributed by atoms with van der Waals surface area (Å²) in [5.41, 5.74) is 3.42. The average Bonchev–Trinajstić information content (AvgIpc) is 3.17. The molecule has 3 aromatic rings. The van der Waals surface area contributed by atoms with Gasteiger partial charge in [0, 0.05) is 51.6 Å². The monoisotopic (exact) mass is 421 g/mol. The van der Waals surface area contributed by atoms with Crippen molar-refractivity contribution in [3.05, 3.63) is 53.9 Å². The van der Waals surface area contributed by atoms with E-state index in [0.717, 1.165) is 30.0 Å². The van der Waals surface area contributed by atoms with Gasteiger partial charge in [0.2, 0.25) is 5.91 Å². The number of amides is 1. The lowest BCUT2D eigenvalue weighted by molar-refractivity contribution is -0.255. The van der Waals surface area contributed by atoms with Crippen LogP contribution in [0.3, 0.4) is 0 Å². The summed E-state index contributed by atoms with van der Waals surface area (Å²) in [7, 11) is 1.62. The topological polar surface area (TPSA) is 90.7 Å². The minimum absolute atomic E-state index is 0.0888. The number of carboxylic acids is 1. The third kappa shape index (κ3) is 3.98. The molecule has 0 aliphatic carbocycles. The van der Waals surface area contributed by atoms with Gasteiger partial charge in [-0.3, -0.25) is 9.36 Å². The number of aromatic nitrogens is 2. The first kappa shape index (κ1) is 20.9. The van der Waals surface area contributed by atoms with Crippen molar-refractivity contribution in [2.24, 2.45) is 0 Å². The van der Waals surface area contributed by atoms with Crippen LogP contribution in [0, 0.1) is 0 Å². The van der Waals surface area contributed by atoms with Crippen LogP contribution in [0.4, 0.5) is 5.69 Å². The van der Waals surface area contributed by atoms with Crippen molar-refractivity contribution in [3.8, 4) is 5.69 Å². The maximum atomic E-state index is 11.6. The largest absolute Gasteiger partial charge is 0.545 e. The van der Waals surface area contributed by atoms with Crippen LogP contribution < -0.4 is 10.0 Å². The molecule has 1 aliphatic rings. The molecule has 31 heavy (non-hydrogen) atoms. The zero-order chi connectivity index (χ0) is 22.1. The summed E-state index contributed by atoms with van der Waals surface area (Å²) in [6.45, 7) is 6.44. The molecule has 4 rings (SSSR count). The van der Waals surface area contributed by atoms with Gasteiger partial charge in [-0.05, 0) is 42.8 Å². The molecular formula is C23H25N4O4-. The van der Waals surface area contributed by atoms with Gasteiger partial charge in [0.1, 0.15) is 11.9 Å². The number of ether oxygens (including phenoxy) is 1. The van der Waals surface area contributed by atoms with Gasteiger partial charge in [0.25, 0.3) is 0 Å². The maximum absolute atomic E-state index is 11.6. The number of fused-ring (bicyclic) bond motifs is 1. The number of hydrogen-bond acceptors (Lipinski definition) is 6. The average molecular weight is 421 g/mol. The van der Waals surface area contributed by atoms with Gasteiger partial charge in [0.15, 0.2) is 0 Å². The van der Waals surface area contributed by atoms with E-state index in [4.69, 9.17) is 4.74 Å². The molecule has 1 unspecified atom stereocenters. The fourth-order valence-corrected chi connectivity index (χ4v) is 3.98. The number of imidazole rings is 1. The molecule has 1 aromatic heterocycles. The maximum Gasteiger partial charge on any atom is 0.219 e. The third-order valence-electron chi connectivity index (χ3n) is 5.81. The molecule has 0 N–H and O–H groups in total. The number of nitrogens with zero attached hydrogens (tertiary/aromatic N) is 4. The zero-order valence-electron chi connectivity index (χ0n) is 17.9. The van der Waals surface area contributed by atoms with Gasteiger partial charge in [0.05, 0.1) is 17.0 Å². The fourth-order valence-electron chi connectivity index (χ4n) is 3.98. The molecule has 1 fully saturated rings. The highest BCUT2D eigenvalue weighted by molar-refractivity contribution is 5.91. The molecular weight excluding hydrogens is 396 g/mol. The molecule has 0 saturated carbocycles. The van der Waals surface area contributed by atoms with E-state index in [1.807, 2.05) is 28.5 Å². The van der Waals surface area contributed by atoms with Crippen molar-refractivity contribution >= 4 is 28.6 Å². The summed E-state index contributed by atoms with van der Waals surface area (Å²) < 4.78 is 7.52. The third-order valence-corrected chi connectivity index (χ3v) is 5.81. The molecule has 0 bridgehead atoms. The first-order valence-corrected chi connectivity index (χ1v) is 10.3. The van der Waals surface area contributed by atoms with Crippen molar-refractivity contribution in [2.45, 2.75) is 20.0 Å². The predicted molar refractivity (Wildman–Crippen MR) is 115 cm³/mol. The van der Waals surface area contributed by atoms with Crippen molar-refractivity contribution < 1.29 is 19.4 Å². The van der Waals surface area contributed by atoms with Gasteiger partial charge < -0.3 is 24.4 Å². The number of benzene rings is 2. The summed E-state index contributed by atoms with van der Waals surface area (Å²) in [6, 6.07) is 12.9. The molecule has 162 valence electrons. The van der Waals surface area contributed by atoms with E-state index in [1.54, 1.807) is 20.1 Å². The second-order valence-corrected chi connectivity index (χ2v) is 7.69. The summed E-state index contributed by atoms with van der Waals surface area (Å²) in [6.07, 6.45) is -0.290. The van der Waals surface area contributed by atoms with Crippen molar-refractivity contribution in [1.29, 1.82) is 0 Å². The Bertz CT molecular complexity index is 1130. The SMILES string of the molecule is COC(C)c1nc2cc(C(=O)[O-])ccc2n1-c1cccc(N2CCN(C(C)=O)CC2)c1. The minimum atomic E-state index is -1.23. The summed E-state index contributed by atoms with van der Waals surface area (Å²) in [4.78, 5) is 31.7. The number of hydrogen-bond donors (Lipinski definition) is 0. The molecule has 1 amide bonds. The molecule has 1 atom stereocenters. The molecule has 0 spiro atoms. The van der Waals surface area contributed by atoms with Crippen molar-refractivity contribution in [2.75, 3.05) is 38.2 Å². The lowest BCUT2D eigenvalue weighted by Crippen LogP contribution is -2.48. The van der Waals surface area contributed by atoms with Crippen LogP contribution in [0.1, 0.15) is 36.1 Å². The Morgan fingerprint density at radius 2 is 1.77 bits per heavy atom. The highest BCUT2D eigenvalue weighted by atomic mass is 16.5. The second kappa shape index (κ2) is 8.39. The molecule has 2 heterocycles. The Balaban J connectivity index is 1.75. The molecule has 8 heteroatoms. The van der Waals surface area contributed by atoms with Gasteiger partial charge >= 0.3 is 0 Å². The van der Waals surface area contributed by atoms with Crippen LogP contribution in [0.15, 0.2) is 42.5 Å².